The molecule has 0 aliphatic rings. The Labute approximate surface area is 179 Å². The van der Waals surface area contributed by atoms with Gasteiger partial charge in [0.15, 0.2) is 8.32 Å². The highest BCUT2D eigenvalue weighted by Crippen LogP contribution is 2.39. The average Bonchev–Trinajstić information content (AvgIpc) is 2.54. The van der Waals surface area contributed by atoms with Gasteiger partial charge >= 0.3 is 5.97 Å². The zero-order valence-electron chi connectivity index (χ0n) is 18.6. The van der Waals surface area contributed by atoms with E-state index >= 15 is 0 Å². The molecule has 0 bridgehead atoms. The molecule has 0 aromatic heterocycles. The maximum atomic E-state index is 14.6. The third kappa shape index (κ3) is 6.14. The average molecular weight is 476 g/mol. The Bertz CT molecular complexity index is 698. The van der Waals surface area contributed by atoms with E-state index in [4.69, 9.17) is 4.43 Å². The fourth-order valence-electron chi connectivity index (χ4n) is 2.87. The molecule has 1 N–H and O–H groups in total. The van der Waals surface area contributed by atoms with Crippen LogP contribution in [0.5, 0.6) is 0 Å². The van der Waals surface area contributed by atoms with Crippen LogP contribution in [0.25, 0.3) is 0 Å². The van der Waals surface area contributed by atoms with Crippen molar-refractivity contribution < 1.29 is 18.7 Å². The molecule has 0 radical (unpaired) electrons. The van der Waals surface area contributed by atoms with Gasteiger partial charge in [0.05, 0.1) is 9.89 Å². The van der Waals surface area contributed by atoms with Crippen LogP contribution in [0.4, 0.5) is 4.39 Å². The van der Waals surface area contributed by atoms with Crippen LogP contribution in [0.2, 0.25) is 18.1 Å². The first-order valence-corrected chi connectivity index (χ1v) is 13.6. The second kappa shape index (κ2) is 8.96. The lowest BCUT2D eigenvalue weighted by Crippen LogP contribution is -2.43. The van der Waals surface area contributed by atoms with Crippen LogP contribution in [0.15, 0.2) is 22.7 Å². The Balaban J connectivity index is 2.82. The first kappa shape index (κ1) is 25.3. The van der Waals surface area contributed by atoms with Gasteiger partial charge in [0, 0.05) is 12.2 Å². The van der Waals surface area contributed by atoms with Crippen molar-refractivity contribution in [2.24, 2.45) is 5.41 Å². The molecule has 0 amide bonds. The summed E-state index contributed by atoms with van der Waals surface area (Å²) in [6, 6.07) is 4.84. The van der Waals surface area contributed by atoms with Crippen LogP contribution in [0.1, 0.15) is 66.4 Å². The Morgan fingerprint density at radius 1 is 1.14 bits per heavy atom. The van der Waals surface area contributed by atoms with Crippen molar-refractivity contribution in [1.29, 1.82) is 0 Å². The molecule has 1 atom stereocenters. The minimum Gasteiger partial charge on any atom is -0.481 e. The number of halogens is 2. The van der Waals surface area contributed by atoms with E-state index < -0.39 is 25.5 Å². The molecule has 1 aromatic rings. The van der Waals surface area contributed by atoms with E-state index in [0.717, 1.165) is 6.42 Å². The summed E-state index contributed by atoms with van der Waals surface area (Å²) in [6.45, 7) is 17.7. The quantitative estimate of drug-likeness (QED) is 0.386. The van der Waals surface area contributed by atoms with E-state index in [1.165, 1.54) is 0 Å². The summed E-state index contributed by atoms with van der Waals surface area (Å²) in [5.41, 5.74) is -1.10. The zero-order chi connectivity index (χ0) is 22.0. The van der Waals surface area contributed by atoms with E-state index in [2.05, 4.69) is 63.6 Å². The van der Waals surface area contributed by atoms with Crippen LogP contribution >= 0.6 is 15.9 Å². The molecular formula is C22H36BrFO3Si. The molecule has 3 nitrogen and oxygen atoms in total. The Hall–Kier alpha value is -0.723. The predicted molar refractivity (Wildman–Crippen MR) is 120 cm³/mol. The largest absolute Gasteiger partial charge is 0.481 e. The van der Waals surface area contributed by atoms with Gasteiger partial charge in [0.2, 0.25) is 0 Å². The molecule has 1 rings (SSSR count). The van der Waals surface area contributed by atoms with Crippen molar-refractivity contribution in [3.63, 3.8) is 0 Å². The van der Waals surface area contributed by atoms with Gasteiger partial charge in [0.25, 0.3) is 0 Å². The first-order chi connectivity index (χ1) is 12.5. The van der Waals surface area contributed by atoms with Crippen molar-refractivity contribution in [3.05, 3.63) is 34.1 Å². The lowest BCUT2D eigenvalue weighted by Gasteiger charge is -2.39. The van der Waals surface area contributed by atoms with Crippen molar-refractivity contribution in [2.45, 2.75) is 84.4 Å². The van der Waals surface area contributed by atoms with Crippen molar-refractivity contribution >= 4 is 30.2 Å². The van der Waals surface area contributed by atoms with Crippen LogP contribution in [0.3, 0.4) is 0 Å². The van der Waals surface area contributed by atoms with Gasteiger partial charge in [-0.3, -0.25) is 4.79 Å². The Morgan fingerprint density at radius 2 is 1.71 bits per heavy atom. The molecule has 1 aromatic carbocycles. The van der Waals surface area contributed by atoms with E-state index in [1.54, 1.807) is 25.1 Å². The van der Waals surface area contributed by atoms with E-state index in [-0.39, 0.29) is 16.0 Å². The number of benzene rings is 1. The molecule has 0 aliphatic heterocycles. The molecule has 6 heteroatoms. The third-order valence-electron chi connectivity index (χ3n) is 6.18. The summed E-state index contributed by atoms with van der Waals surface area (Å²) in [4.78, 5) is 12.0. The molecule has 0 saturated heterocycles. The Morgan fingerprint density at radius 3 is 2.21 bits per heavy atom. The molecule has 0 unspecified atom stereocenters. The lowest BCUT2D eigenvalue weighted by molar-refractivity contribution is -0.143. The van der Waals surface area contributed by atoms with Gasteiger partial charge in [-0.1, -0.05) is 53.2 Å². The normalized spacial score (nSPS) is 15.4. The molecular weight excluding hydrogens is 439 g/mol. The topological polar surface area (TPSA) is 46.5 Å². The van der Waals surface area contributed by atoms with Crippen LogP contribution in [-0.2, 0) is 14.6 Å². The van der Waals surface area contributed by atoms with Crippen molar-refractivity contribution in [2.75, 3.05) is 6.61 Å². The van der Waals surface area contributed by atoms with Crippen LogP contribution in [0, 0.1) is 11.2 Å². The number of carboxylic acids is 1. The SMILES string of the molecule is CC(C)(CCC[C@@](C)(C(=O)O)c1cccc(Br)c1F)CO[Si](C)(C)C(C)(C)C. The molecule has 160 valence electrons. The van der Waals surface area contributed by atoms with Gasteiger partial charge in [-0.25, -0.2) is 4.39 Å². The third-order valence-corrected chi connectivity index (χ3v) is 11.3. The monoisotopic (exact) mass is 474 g/mol. The molecule has 0 heterocycles. The molecule has 28 heavy (non-hydrogen) atoms. The maximum absolute atomic E-state index is 14.6. The minimum atomic E-state index is -1.82. The zero-order valence-corrected chi connectivity index (χ0v) is 21.2. The second-order valence-electron chi connectivity index (χ2n) is 10.3. The highest BCUT2D eigenvalue weighted by molar-refractivity contribution is 9.10. The van der Waals surface area contributed by atoms with E-state index in [9.17, 15) is 14.3 Å². The molecule has 0 aliphatic carbocycles. The summed E-state index contributed by atoms with van der Waals surface area (Å²) in [7, 11) is -1.82. The molecule has 0 saturated carbocycles. The van der Waals surface area contributed by atoms with Gasteiger partial charge in [-0.15, -0.1) is 0 Å². The number of aliphatic carboxylic acids is 1. The van der Waals surface area contributed by atoms with Crippen LogP contribution in [-0.4, -0.2) is 26.0 Å². The fraction of sp³-hybridized carbons (Fsp3) is 0.682. The number of carbonyl (C=O) groups is 1. The number of carboxylic acid groups (broad SMARTS) is 1. The number of hydrogen-bond acceptors (Lipinski definition) is 2. The molecule has 0 fully saturated rings. The Kier molecular flexibility index (Phi) is 8.10. The van der Waals surface area contributed by atoms with Gasteiger partial charge in [-0.05, 0) is 65.3 Å². The first-order valence-electron chi connectivity index (χ1n) is 9.85. The van der Waals surface area contributed by atoms with Gasteiger partial charge < -0.3 is 9.53 Å². The number of rotatable bonds is 9. The van der Waals surface area contributed by atoms with E-state index in [0.29, 0.717) is 23.9 Å². The van der Waals surface area contributed by atoms with Crippen molar-refractivity contribution in [3.8, 4) is 0 Å². The standard InChI is InChI=1S/C22H36BrFO3Si/c1-20(2,3)28(7,8)27-15-21(4,5)13-10-14-22(6,19(25)26)16-11-9-12-17(23)18(16)24/h9,11-12H,10,13-15H2,1-8H3,(H,25,26)/t22-/m1/s1. The summed E-state index contributed by atoms with van der Waals surface area (Å²) in [5, 5.41) is 9.99. The molecule has 0 spiro atoms. The smallest absolute Gasteiger partial charge is 0.313 e. The second-order valence-corrected chi connectivity index (χ2v) is 16.0. The van der Waals surface area contributed by atoms with Gasteiger partial charge in [0.1, 0.15) is 5.82 Å². The van der Waals surface area contributed by atoms with E-state index in [1.807, 2.05) is 0 Å². The summed E-state index contributed by atoms with van der Waals surface area (Å²) in [5.74, 6) is -1.49. The number of hydrogen-bond donors (Lipinski definition) is 1. The fourth-order valence-corrected chi connectivity index (χ4v) is 4.42. The summed E-state index contributed by atoms with van der Waals surface area (Å²) < 4.78 is 21.2. The highest BCUT2D eigenvalue weighted by Gasteiger charge is 2.40. The van der Waals surface area contributed by atoms with Crippen molar-refractivity contribution in [1.82, 2.24) is 0 Å². The predicted octanol–water partition coefficient (Wildman–Crippen LogP) is 7.15. The lowest BCUT2D eigenvalue weighted by atomic mass is 9.76. The summed E-state index contributed by atoms with van der Waals surface area (Å²) >= 11 is 3.16. The van der Waals surface area contributed by atoms with Gasteiger partial charge in [-0.2, -0.15) is 0 Å². The summed E-state index contributed by atoms with van der Waals surface area (Å²) in [6.07, 6.45) is 1.88. The maximum Gasteiger partial charge on any atom is 0.313 e. The highest BCUT2D eigenvalue weighted by atomic mass is 79.9. The minimum absolute atomic E-state index is 0.0647. The van der Waals surface area contributed by atoms with Crippen LogP contribution < -0.4 is 0 Å².